The van der Waals surface area contributed by atoms with E-state index in [1.807, 2.05) is 12.4 Å². The lowest BCUT2D eigenvalue weighted by molar-refractivity contribution is 0.444. The highest BCUT2D eigenvalue weighted by atomic mass is 15.1. The smallest absolute Gasteiger partial charge is 0.0522 e. The molecule has 2 heteroatoms. The first-order chi connectivity index (χ1) is 5.47. The molecule has 2 nitrogen and oxygen atoms in total. The number of aromatic amines is 1. The van der Waals surface area contributed by atoms with Crippen LogP contribution in [0.5, 0.6) is 0 Å². The third-order valence-corrected chi connectivity index (χ3v) is 2.60. The van der Waals surface area contributed by atoms with E-state index in [9.17, 15) is 0 Å². The SMILES string of the molecule is c1n[nH]cc1C1CCCCC1. The zero-order chi connectivity index (χ0) is 7.52. The van der Waals surface area contributed by atoms with Crippen LogP contribution in [0.1, 0.15) is 43.6 Å². The van der Waals surface area contributed by atoms with Crippen molar-refractivity contribution >= 4 is 0 Å². The third kappa shape index (κ3) is 1.44. The first-order valence-corrected chi connectivity index (χ1v) is 4.45. The summed E-state index contributed by atoms with van der Waals surface area (Å²) in [5.41, 5.74) is 1.41. The first-order valence-electron chi connectivity index (χ1n) is 4.45. The van der Waals surface area contributed by atoms with E-state index in [-0.39, 0.29) is 0 Å². The van der Waals surface area contributed by atoms with Gasteiger partial charge >= 0.3 is 0 Å². The molecule has 0 radical (unpaired) electrons. The number of nitrogens with zero attached hydrogens (tertiary/aromatic N) is 1. The van der Waals surface area contributed by atoms with Gasteiger partial charge in [0.05, 0.1) is 6.20 Å². The quantitative estimate of drug-likeness (QED) is 0.654. The molecule has 0 aliphatic heterocycles. The van der Waals surface area contributed by atoms with Crippen LogP contribution in [-0.2, 0) is 0 Å². The van der Waals surface area contributed by atoms with Crippen LogP contribution >= 0.6 is 0 Å². The molecule has 0 atom stereocenters. The summed E-state index contributed by atoms with van der Waals surface area (Å²) in [6.07, 6.45) is 10.9. The van der Waals surface area contributed by atoms with Crippen LogP contribution in [0.25, 0.3) is 0 Å². The summed E-state index contributed by atoms with van der Waals surface area (Å²) in [5.74, 6) is 0.794. The van der Waals surface area contributed by atoms with Crippen molar-refractivity contribution in [1.82, 2.24) is 10.2 Å². The van der Waals surface area contributed by atoms with Crippen molar-refractivity contribution in [3.63, 3.8) is 0 Å². The van der Waals surface area contributed by atoms with E-state index in [0.717, 1.165) is 5.92 Å². The van der Waals surface area contributed by atoms with Crippen LogP contribution in [-0.4, -0.2) is 10.2 Å². The van der Waals surface area contributed by atoms with Gasteiger partial charge in [-0.15, -0.1) is 0 Å². The van der Waals surface area contributed by atoms with Gasteiger partial charge < -0.3 is 0 Å². The van der Waals surface area contributed by atoms with Gasteiger partial charge in [0.1, 0.15) is 0 Å². The number of hydrogen-bond acceptors (Lipinski definition) is 1. The van der Waals surface area contributed by atoms with Gasteiger partial charge in [0, 0.05) is 6.20 Å². The molecule has 1 N–H and O–H groups in total. The molecule has 1 aromatic heterocycles. The van der Waals surface area contributed by atoms with Crippen LogP contribution in [0, 0.1) is 0 Å². The Balaban J connectivity index is 2.04. The molecular formula is C9H14N2. The summed E-state index contributed by atoms with van der Waals surface area (Å²) in [6, 6.07) is 0. The number of hydrogen-bond donors (Lipinski definition) is 1. The van der Waals surface area contributed by atoms with Crippen LogP contribution in [0.4, 0.5) is 0 Å². The lowest BCUT2D eigenvalue weighted by atomic mass is 9.86. The Bertz CT molecular complexity index is 197. The molecule has 1 aliphatic carbocycles. The van der Waals surface area contributed by atoms with Gasteiger partial charge in [0.2, 0.25) is 0 Å². The minimum Gasteiger partial charge on any atom is -0.285 e. The lowest BCUT2D eigenvalue weighted by Gasteiger charge is -2.19. The second-order valence-corrected chi connectivity index (χ2v) is 3.37. The van der Waals surface area contributed by atoms with E-state index in [2.05, 4.69) is 10.2 Å². The summed E-state index contributed by atoms with van der Waals surface area (Å²) in [4.78, 5) is 0. The molecule has 1 aromatic rings. The molecule has 0 unspecified atom stereocenters. The Labute approximate surface area is 67.0 Å². The van der Waals surface area contributed by atoms with E-state index in [0.29, 0.717) is 0 Å². The van der Waals surface area contributed by atoms with Gasteiger partial charge in [-0.3, -0.25) is 5.10 Å². The molecule has 0 bridgehead atoms. The van der Waals surface area contributed by atoms with Crippen LogP contribution in [0.2, 0.25) is 0 Å². The monoisotopic (exact) mass is 150 g/mol. The van der Waals surface area contributed by atoms with Gasteiger partial charge in [0.25, 0.3) is 0 Å². The van der Waals surface area contributed by atoms with E-state index in [4.69, 9.17) is 0 Å². The normalized spacial score (nSPS) is 20.4. The Kier molecular flexibility index (Phi) is 1.93. The van der Waals surface area contributed by atoms with E-state index >= 15 is 0 Å². The molecule has 0 saturated heterocycles. The molecule has 1 fully saturated rings. The fourth-order valence-electron chi connectivity index (χ4n) is 1.92. The van der Waals surface area contributed by atoms with Gasteiger partial charge in [0.15, 0.2) is 0 Å². The van der Waals surface area contributed by atoms with Gasteiger partial charge in [-0.05, 0) is 24.3 Å². The van der Waals surface area contributed by atoms with E-state index in [1.165, 1.54) is 37.7 Å². The molecule has 0 amide bonds. The van der Waals surface area contributed by atoms with Crippen molar-refractivity contribution in [1.29, 1.82) is 0 Å². The molecule has 11 heavy (non-hydrogen) atoms. The molecule has 1 heterocycles. The van der Waals surface area contributed by atoms with Crippen molar-refractivity contribution in [3.8, 4) is 0 Å². The average Bonchev–Trinajstić information content (AvgIpc) is 2.58. The fourth-order valence-corrected chi connectivity index (χ4v) is 1.92. The summed E-state index contributed by atoms with van der Waals surface area (Å²) < 4.78 is 0. The zero-order valence-electron chi connectivity index (χ0n) is 6.71. The predicted octanol–water partition coefficient (Wildman–Crippen LogP) is 2.46. The van der Waals surface area contributed by atoms with Crippen LogP contribution in [0.15, 0.2) is 12.4 Å². The van der Waals surface area contributed by atoms with Crippen LogP contribution < -0.4 is 0 Å². The van der Waals surface area contributed by atoms with E-state index < -0.39 is 0 Å². The van der Waals surface area contributed by atoms with Gasteiger partial charge in [-0.25, -0.2) is 0 Å². The molecule has 0 aromatic carbocycles. The Morgan fingerprint density at radius 1 is 1.27 bits per heavy atom. The second kappa shape index (κ2) is 3.07. The number of aromatic nitrogens is 2. The second-order valence-electron chi connectivity index (χ2n) is 3.37. The van der Waals surface area contributed by atoms with Gasteiger partial charge in [-0.2, -0.15) is 5.10 Å². The van der Waals surface area contributed by atoms with Crippen molar-refractivity contribution in [2.24, 2.45) is 0 Å². The molecule has 0 spiro atoms. The number of nitrogens with one attached hydrogen (secondary N) is 1. The minimum absolute atomic E-state index is 0.794. The maximum absolute atomic E-state index is 3.97. The fraction of sp³-hybridized carbons (Fsp3) is 0.667. The first kappa shape index (κ1) is 6.89. The van der Waals surface area contributed by atoms with Crippen molar-refractivity contribution in [2.75, 3.05) is 0 Å². The maximum Gasteiger partial charge on any atom is 0.0522 e. The van der Waals surface area contributed by atoms with Crippen molar-refractivity contribution in [2.45, 2.75) is 38.0 Å². The summed E-state index contributed by atoms with van der Waals surface area (Å²) in [6.45, 7) is 0. The van der Waals surface area contributed by atoms with Crippen molar-refractivity contribution in [3.05, 3.63) is 18.0 Å². The third-order valence-electron chi connectivity index (χ3n) is 2.60. The molecule has 60 valence electrons. The highest BCUT2D eigenvalue weighted by Crippen LogP contribution is 2.31. The van der Waals surface area contributed by atoms with Crippen molar-refractivity contribution < 1.29 is 0 Å². The minimum atomic E-state index is 0.794. The predicted molar refractivity (Wildman–Crippen MR) is 44.4 cm³/mol. The maximum atomic E-state index is 3.97. The highest BCUT2D eigenvalue weighted by molar-refractivity contribution is 5.10. The molecule has 1 saturated carbocycles. The number of H-pyrrole nitrogens is 1. The summed E-state index contributed by atoms with van der Waals surface area (Å²) in [5, 5.41) is 6.85. The van der Waals surface area contributed by atoms with Gasteiger partial charge in [-0.1, -0.05) is 19.3 Å². The Morgan fingerprint density at radius 2 is 2.09 bits per heavy atom. The summed E-state index contributed by atoms with van der Waals surface area (Å²) >= 11 is 0. The standard InChI is InChI=1S/C9H14N2/c1-2-4-8(5-3-1)9-6-10-11-7-9/h6-8H,1-5H2,(H,10,11). The average molecular weight is 150 g/mol. The lowest BCUT2D eigenvalue weighted by Crippen LogP contribution is -2.02. The van der Waals surface area contributed by atoms with E-state index in [1.54, 1.807) is 0 Å². The number of rotatable bonds is 1. The van der Waals surface area contributed by atoms with Crippen LogP contribution in [0.3, 0.4) is 0 Å². The summed E-state index contributed by atoms with van der Waals surface area (Å²) in [7, 11) is 0. The molecular weight excluding hydrogens is 136 g/mol. The molecule has 2 rings (SSSR count). The largest absolute Gasteiger partial charge is 0.285 e. The topological polar surface area (TPSA) is 28.7 Å². The Morgan fingerprint density at radius 3 is 2.73 bits per heavy atom. The Hall–Kier alpha value is -0.790. The zero-order valence-corrected chi connectivity index (χ0v) is 6.71. The molecule has 1 aliphatic rings. The highest BCUT2D eigenvalue weighted by Gasteiger charge is 2.15.